The lowest BCUT2D eigenvalue weighted by molar-refractivity contribution is 0.282. The van der Waals surface area contributed by atoms with Crippen molar-refractivity contribution in [1.29, 1.82) is 0 Å². The fourth-order valence-corrected chi connectivity index (χ4v) is 2.89. The molecule has 0 atom stereocenters. The van der Waals surface area contributed by atoms with Gasteiger partial charge in [0, 0.05) is 23.0 Å². The Morgan fingerprint density at radius 2 is 1.83 bits per heavy atom. The first-order valence-corrected chi connectivity index (χ1v) is 8.54. The van der Waals surface area contributed by atoms with Crippen molar-refractivity contribution in [2.45, 2.75) is 32.3 Å². The first kappa shape index (κ1) is 17.2. The van der Waals surface area contributed by atoms with Gasteiger partial charge in [-0.2, -0.15) is 0 Å². The van der Waals surface area contributed by atoms with Crippen molar-refractivity contribution in [3.05, 3.63) is 46.8 Å². The molecule has 7 heteroatoms. The van der Waals surface area contributed by atoms with Crippen LogP contribution in [0.1, 0.15) is 22.5 Å². The summed E-state index contributed by atoms with van der Waals surface area (Å²) in [6, 6.07) is 6.26. The largest absolute Gasteiger partial charge is 0.493 e. The molecule has 0 radical (unpaired) electrons. The highest BCUT2D eigenvalue weighted by molar-refractivity contribution is 7.89. The predicted molar refractivity (Wildman–Crippen MR) is 87.1 cm³/mol. The molecule has 124 valence electrons. The molecule has 0 amide bonds. The van der Waals surface area contributed by atoms with Gasteiger partial charge in [-0.25, -0.2) is 13.6 Å². The Bertz CT molecular complexity index is 809. The van der Waals surface area contributed by atoms with E-state index < -0.39 is 10.0 Å². The van der Waals surface area contributed by atoms with E-state index in [1.165, 1.54) is 25.3 Å². The van der Waals surface area contributed by atoms with E-state index >= 15 is 0 Å². The normalized spacial score (nSPS) is 11.3. The Hall–Kier alpha value is -2.12. The second kappa shape index (κ2) is 6.55. The lowest BCUT2D eigenvalue weighted by Gasteiger charge is -2.14. The average Bonchev–Trinajstić information content (AvgIpc) is 2.45. The molecule has 2 rings (SSSR count). The molecule has 0 spiro atoms. The number of sulfonamides is 1. The third kappa shape index (κ3) is 4.00. The quantitative estimate of drug-likeness (QED) is 0.904. The van der Waals surface area contributed by atoms with Gasteiger partial charge in [0.05, 0.1) is 12.0 Å². The van der Waals surface area contributed by atoms with Gasteiger partial charge in [0.15, 0.2) is 11.5 Å². The SMILES string of the molecule is COc1cc(S(N)(=O)=O)ccc1OCc1c(C)cc(C)nc1C. The van der Waals surface area contributed by atoms with E-state index in [9.17, 15) is 8.42 Å². The molecule has 2 N–H and O–H groups in total. The van der Waals surface area contributed by atoms with Crippen LogP contribution in [0.15, 0.2) is 29.2 Å². The van der Waals surface area contributed by atoms with Gasteiger partial charge in [-0.1, -0.05) is 0 Å². The molecule has 23 heavy (non-hydrogen) atoms. The van der Waals surface area contributed by atoms with E-state index in [1.807, 2.05) is 26.8 Å². The Balaban J connectivity index is 2.28. The molecule has 0 bridgehead atoms. The van der Waals surface area contributed by atoms with E-state index in [2.05, 4.69) is 4.98 Å². The van der Waals surface area contributed by atoms with Crippen LogP contribution >= 0.6 is 0 Å². The van der Waals surface area contributed by atoms with Crippen LogP contribution in [0.5, 0.6) is 11.5 Å². The maximum absolute atomic E-state index is 11.4. The summed E-state index contributed by atoms with van der Waals surface area (Å²) in [6.07, 6.45) is 0. The molecule has 0 unspecified atom stereocenters. The van der Waals surface area contributed by atoms with Crippen LogP contribution in [-0.4, -0.2) is 20.5 Å². The molecule has 0 aliphatic carbocycles. The molecular weight excluding hydrogens is 316 g/mol. The number of nitrogens with two attached hydrogens (primary N) is 1. The Kier molecular flexibility index (Phi) is 4.91. The number of ether oxygens (including phenoxy) is 2. The van der Waals surface area contributed by atoms with Crippen molar-refractivity contribution >= 4 is 10.0 Å². The molecule has 2 aromatic rings. The van der Waals surface area contributed by atoms with Crippen molar-refractivity contribution in [3.63, 3.8) is 0 Å². The van der Waals surface area contributed by atoms with Crippen molar-refractivity contribution in [2.24, 2.45) is 5.14 Å². The lowest BCUT2D eigenvalue weighted by Crippen LogP contribution is -2.12. The zero-order valence-electron chi connectivity index (χ0n) is 13.6. The number of pyridine rings is 1. The molecule has 0 aliphatic heterocycles. The Morgan fingerprint density at radius 3 is 2.39 bits per heavy atom. The number of aromatic nitrogens is 1. The number of rotatable bonds is 5. The maximum Gasteiger partial charge on any atom is 0.238 e. The van der Waals surface area contributed by atoms with Crippen LogP contribution in [0.2, 0.25) is 0 Å². The first-order chi connectivity index (χ1) is 10.7. The number of benzene rings is 1. The van der Waals surface area contributed by atoms with E-state index in [0.717, 1.165) is 22.5 Å². The molecule has 0 aliphatic rings. The summed E-state index contributed by atoms with van der Waals surface area (Å²) in [4.78, 5) is 4.41. The van der Waals surface area contributed by atoms with Gasteiger partial charge in [-0.15, -0.1) is 0 Å². The van der Waals surface area contributed by atoms with Gasteiger partial charge in [-0.3, -0.25) is 4.98 Å². The molecule has 1 heterocycles. The molecule has 1 aromatic carbocycles. The van der Waals surface area contributed by atoms with Crippen LogP contribution in [-0.2, 0) is 16.6 Å². The summed E-state index contributed by atoms with van der Waals surface area (Å²) in [5.41, 5.74) is 3.95. The van der Waals surface area contributed by atoms with Gasteiger partial charge in [-0.05, 0) is 44.5 Å². The van der Waals surface area contributed by atoms with Gasteiger partial charge in [0.25, 0.3) is 0 Å². The molecule has 0 saturated carbocycles. The minimum atomic E-state index is -3.78. The van der Waals surface area contributed by atoms with E-state index in [1.54, 1.807) is 0 Å². The highest BCUT2D eigenvalue weighted by Crippen LogP contribution is 2.30. The molecule has 6 nitrogen and oxygen atoms in total. The van der Waals surface area contributed by atoms with Gasteiger partial charge in [0.1, 0.15) is 6.61 Å². The summed E-state index contributed by atoms with van der Waals surface area (Å²) in [5.74, 6) is 0.756. The first-order valence-electron chi connectivity index (χ1n) is 6.99. The van der Waals surface area contributed by atoms with Crippen LogP contribution in [0, 0.1) is 20.8 Å². The van der Waals surface area contributed by atoms with Crippen molar-refractivity contribution in [1.82, 2.24) is 4.98 Å². The molecular formula is C16H20N2O4S. The third-order valence-electron chi connectivity index (χ3n) is 3.52. The Labute approximate surface area is 136 Å². The zero-order valence-corrected chi connectivity index (χ0v) is 14.4. The highest BCUT2D eigenvalue weighted by atomic mass is 32.2. The standard InChI is InChI=1S/C16H20N2O4S/c1-10-7-11(2)18-12(3)14(10)9-22-15-6-5-13(23(17,19)20)8-16(15)21-4/h5-8H,9H2,1-4H3,(H2,17,19,20). The summed E-state index contributed by atoms with van der Waals surface area (Å²) in [5, 5.41) is 5.12. The smallest absolute Gasteiger partial charge is 0.238 e. The number of methoxy groups -OCH3 is 1. The fraction of sp³-hybridized carbons (Fsp3) is 0.312. The second-order valence-electron chi connectivity index (χ2n) is 5.29. The summed E-state index contributed by atoms with van der Waals surface area (Å²) >= 11 is 0. The molecule has 1 aromatic heterocycles. The summed E-state index contributed by atoms with van der Waals surface area (Å²) in [6.45, 7) is 6.19. The topological polar surface area (TPSA) is 91.5 Å². The minimum absolute atomic E-state index is 0.0222. The zero-order chi connectivity index (χ0) is 17.2. The second-order valence-corrected chi connectivity index (χ2v) is 6.85. The fourth-order valence-electron chi connectivity index (χ4n) is 2.36. The van der Waals surface area contributed by atoms with Crippen molar-refractivity contribution in [2.75, 3.05) is 7.11 Å². The average molecular weight is 336 g/mol. The highest BCUT2D eigenvalue weighted by Gasteiger charge is 2.14. The monoisotopic (exact) mass is 336 g/mol. The Morgan fingerprint density at radius 1 is 1.13 bits per heavy atom. The third-order valence-corrected chi connectivity index (χ3v) is 4.43. The van der Waals surface area contributed by atoms with Gasteiger partial charge < -0.3 is 9.47 Å². The minimum Gasteiger partial charge on any atom is -0.493 e. The van der Waals surface area contributed by atoms with Crippen LogP contribution in [0.4, 0.5) is 0 Å². The van der Waals surface area contributed by atoms with E-state index in [0.29, 0.717) is 18.1 Å². The number of hydrogen-bond donors (Lipinski definition) is 1. The number of aryl methyl sites for hydroxylation is 3. The van der Waals surface area contributed by atoms with E-state index in [-0.39, 0.29) is 4.90 Å². The van der Waals surface area contributed by atoms with Crippen LogP contribution in [0.25, 0.3) is 0 Å². The van der Waals surface area contributed by atoms with Crippen LogP contribution < -0.4 is 14.6 Å². The van der Waals surface area contributed by atoms with Gasteiger partial charge in [0.2, 0.25) is 10.0 Å². The lowest BCUT2D eigenvalue weighted by atomic mass is 10.1. The molecule has 0 saturated heterocycles. The summed E-state index contributed by atoms with van der Waals surface area (Å²) in [7, 11) is -2.34. The van der Waals surface area contributed by atoms with Crippen LogP contribution in [0.3, 0.4) is 0 Å². The van der Waals surface area contributed by atoms with Crippen molar-refractivity contribution in [3.8, 4) is 11.5 Å². The number of primary sulfonamides is 1. The van der Waals surface area contributed by atoms with E-state index in [4.69, 9.17) is 14.6 Å². The maximum atomic E-state index is 11.4. The van der Waals surface area contributed by atoms with Crippen molar-refractivity contribution < 1.29 is 17.9 Å². The van der Waals surface area contributed by atoms with Gasteiger partial charge >= 0.3 is 0 Å². The predicted octanol–water partition coefficient (Wildman–Crippen LogP) is 2.24. The number of nitrogens with zero attached hydrogens (tertiary/aromatic N) is 1. The number of hydrogen-bond acceptors (Lipinski definition) is 5. The molecule has 0 fully saturated rings. The summed E-state index contributed by atoms with van der Waals surface area (Å²) < 4.78 is 33.7.